The first-order chi connectivity index (χ1) is 5.20. The van der Waals surface area contributed by atoms with Gasteiger partial charge in [0, 0.05) is 6.20 Å². The van der Waals surface area contributed by atoms with E-state index in [0.717, 1.165) is 5.56 Å². The molecule has 58 valence electrons. The van der Waals surface area contributed by atoms with Crippen LogP contribution in [0.4, 0.5) is 0 Å². The van der Waals surface area contributed by atoms with Gasteiger partial charge in [-0.1, -0.05) is 0 Å². The number of nitrogens with zero attached hydrogens (tertiary/aromatic N) is 1. The van der Waals surface area contributed by atoms with Crippen LogP contribution in [0.25, 0.3) is 0 Å². The number of pyridine rings is 1. The molecule has 0 aromatic carbocycles. The molecule has 5 heteroatoms. The summed E-state index contributed by atoms with van der Waals surface area (Å²) in [7, 11) is -1.78. The van der Waals surface area contributed by atoms with Gasteiger partial charge in [-0.2, -0.15) is 0 Å². The van der Waals surface area contributed by atoms with Crippen LogP contribution in [0, 0.1) is 6.92 Å². The van der Waals surface area contributed by atoms with E-state index in [0.29, 0.717) is 5.75 Å². The van der Waals surface area contributed by atoms with Crippen molar-refractivity contribution in [3.63, 3.8) is 0 Å². The highest BCUT2D eigenvalue weighted by atomic mass is 16.6. The van der Waals surface area contributed by atoms with Crippen molar-refractivity contribution in [1.82, 2.24) is 4.98 Å². The van der Waals surface area contributed by atoms with Gasteiger partial charge in [-0.05, 0) is 18.6 Å². The van der Waals surface area contributed by atoms with Crippen LogP contribution in [0.2, 0.25) is 0 Å². The molecule has 0 aliphatic heterocycles. The minimum absolute atomic E-state index is 0.377. The molecule has 0 radical (unpaired) electrons. The summed E-state index contributed by atoms with van der Waals surface area (Å²) in [6.45, 7) is 1.79. The largest absolute Gasteiger partial charge is 0.707 e. The smallest absolute Gasteiger partial charge is 0.510 e. The Bertz CT molecular complexity index is 241. The summed E-state index contributed by atoms with van der Waals surface area (Å²) in [4.78, 5) is 3.75. The Morgan fingerprint density at radius 1 is 1.55 bits per heavy atom. The van der Waals surface area contributed by atoms with E-state index in [1.807, 2.05) is 0 Å². The Balaban J connectivity index is 2.78. The van der Waals surface area contributed by atoms with Crippen LogP contribution in [-0.2, 0) is 0 Å². The van der Waals surface area contributed by atoms with Gasteiger partial charge in [0.25, 0.3) is 0 Å². The molecular formula is C6H8BNO3. The van der Waals surface area contributed by atoms with Crippen molar-refractivity contribution in [3.8, 4) is 5.75 Å². The lowest BCUT2D eigenvalue weighted by atomic mass is 10.2. The van der Waals surface area contributed by atoms with Gasteiger partial charge < -0.3 is 14.7 Å². The van der Waals surface area contributed by atoms with Crippen LogP contribution in [0.5, 0.6) is 5.75 Å². The van der Waals surface area contributed by atoms with Gasteiger partial charge in [0.15, 0.2) is 0 Å². The van der Waals surface area contributed by atoms with Crippen LogP contribution in [-0.4, -0.2) is 22.4 Å². The molecule has 0 fully saturated rings. The minimum Gasteiger partial charge on any atom is -0.510 e. The van der Waals surface area contributed by atoms with Gasteiger partial charge in [-0.3, -0.25) is 4.98 Å². The molecule has 0 aliphatic rings. The van der Waals surface area contributed by atoms with E-state index in [9.17, 15) is 0 Å². The molecule has 0 atom stereocenters. The van der Waals surface area contributed by atoms with Crippen LogP contribution in [0.1, 0.15) is 5.56 Å². The topological polar surface area (TPSA) is 62.6 Å². The molecule has 1 aromatic rings. The van der Waals surface area contributed by atoms with Crippen LogP contribution >= 0.6 is 0 Å². The molecule has 0 aliphatic carbocycles. The van der Waals surface area contributed by atoms with E-state index in [2.05, 4.69) is 9.64 Å². The lowest BCUT2D eigenvalue weighted by Gasteiger charge is -2.05. The third kappa shape index (κ3) is 2.21. The fourth-order valence-corrected chi connectivity index (χ4v) is 0.686. The molecule has 0 amide bonds. The summed E-state index contributed by atoms with van der Waals surface area (Å²) < 4.78 is 4.59. The maximum Gasteiger partial charge on any atom is 0.707 e. The second kappa shape index (κ2) is 3.36. The highest BCUT2D eigenvalue weighted by Gasteiger charge is 2.12. The Hall–Kier alpha value is -1.07. The Morgan fingerprint density at radius 3 is 2.82 bits per heavy atom. The standard InChI is InChI=1S/C6H8BNO3/c1-5-2-3-8-4-6(5)11-7(9)10/h2-4,9-10H,1H3. The predicted octanol–water partition coefficient (Wildman–Crippen LogP) is -0.262. The third-order valence-electron chi connectivity index (χ3n) is 1.22. The van der Waals surface area contributed by atoms with Crippen LogP contribution in [0.3, 0.4) is 0 Å². The van der Waals surface area contributed by atoms with Crippen molar-refractivity contribution in [2.24, 2.45) is 0 Å². The zero-order chi connectivity index (χ0) is 8.27. The van der Waals surface area contributed by atoms with Crippen molar-refractivity contribution in [3.05, 3.63) is 24.0 Å². The molecule has 0 spiro atoms. The molecule has 0 saturated carbocycles. The van der Waals surface area contributed by atoms with Crippen molar-refractivity contribution in [2.45, 2.75) is 6.92 Å². The lowest BCUT2D eigenvalue weighted by molar-refractivity contribution is 0.287. The quantitative estimate of drug-likeness (QED) is 0.574. The summed E-state index contributed by atoms with van der Waals surface area (Å²) in [5.74, 6) is 0.377. The Labute approximate surface area is 64.6 Å². The summed E-state index contributed by atoms with van der Waals surface area (Å²) in [5.41, 5.74) is 0.813. The molecule has 1 aromatic heterocycles. The minimum atomic E-state index is -1.78. The summed E-state index contributed by atoms with van der Waals surface area (Å²) >= 11 is 0. The first kappa shape index (κ1) is 8.04. The zero-order valence-corrected chi connectivity index (χ0v) is 6.06. The molecular weight excluding hydrogens is 145 g/mol. The average molecular weight is 153 g/mol. The van der Waals surface area contributed by atoms with E-state index >= 15 is 0 Å². The van der Waals surface area contributed by atoms with E-state index < -0.39 is 7.32 Å². The lowest BCUT2D eigenvalue weighted by Crippen LogP contribution is -2.21. The third-order valence-corrected chi connectivity index (χ3v) is 1.22. The van der Waals surface area contributed by atoms with Crippen molar-refractivity contribution in [2.75, 3.05) is 0 Å². The highest BCUT2D eigenvalue weighted by Crippen LogP contribution is 2.13. The van der Waals surface area contributed by atoms with E-state index in [1.54, 1.807) is 19.2 Å². The molecule has 11 heavy (non-hydrogen) atoms. The number of rotatable bonds is 2. The summed E-state index contributed by atoms with van der Waals surface area (Å²) in [6.07, 6.45) is 3.03. The zero-order valence-electron chi connectivity index (χ0n) is 6.06. The molecule has 1 heterocycles. The number of hydrogen-bond acceptors (Lipinski definition) is 4. The maximum atomic E-state index is 8.44. The van der Waals surface area contributed by atoms with Crippen LogP contribution in [0.15, 0.2) is 18.5 Å². The monoisotopic (exact) mass is 153 g/mol. The van der Waals surface area contributed by atoms with Gasteiger partial charge >= 0.3 is 7.32 Å². The van der Waals surface area contributed by atoms with E-state index in [4.69, 9.17) is 10.0 Å². The van der Waals surface area contributed by atoms with Gasteiger partial charge in [-0.15, -0.1) is 0 Å². The SMILES string of the molecule is Cc1ccncc1OB(O)O. The molecule has 0 unspecified atom stereocenters. The fraction of sp³-hybridized carbons (Fsp3) is 0.167. The number of aryl methyl sites for hydroxylation is 1. The molecule has 1 rings (SSSR count). The first-order valence-electron chi connectivity index (χ1n) is 3.13. The number of hydrogen-bond donors (Lipinski definition) is 2. The molecule has 0 saturated heterocycles. The number of aromatic nitrogens is 1. The maximum absolute atomic E-state index is 8.44. The highest BCUT2D eigenvalue weighted by molar-refractivity contribution is 6.33. The summed E-state index contributed by atoms with van der Waals surface area (Å²) in [6, 6.07) is 1.72. The molecule has 2 N–H and O–H groups in total. The van der Waals surface area contributed by atoms with Crippen molar-refractivity contribution >= 4 is 7.32 Å². The van der Waals surface area contributed by atoms with E-state index in [1.165, 1.54) is 6.20 Å². The van der Waals surface area contributed by atoms with Crippen molar-refractivity contribution in [1.29, 1.82) is 0 Å². The molecule has 4 nitrogen and oxygen atoms in total. The van der Waals surface area contributed by atoms with Crippen molar-refractivity contribution < 1.29 is 14.7 Å². The second-order valence-electron chi connectivity index (χ2n) is 2.09. The van der Waals surface area contributed by atoms with Gasteiger partial charge in [0.05, 0.1) is 6.20 Å². The van der Waals surface area contributed by atoms with Gasteiger partial charge in [0.2, 0.25) is 0 Å². The van der Waals surface area contributed by atoms with Gasteiger partial charge in [-0.25, -0.2) is 0 Å². The van der Waals surface area contributed by atoms with Crippen LogP contribution < -0.4 is 4.65 Å². The summed E-state index contributed by atoms with van der Waals surface area (Å²) in [5, 5.41) is 16.9. The Morgan fingerprint density at radius 2 is 2.27 bits per heavy atom. The Kier molecular flexibility index (Phi) is 2.46. The normalized spacial score (nSPS) is 9.36. The first-order valence-corrected chi connectivity index (χ1v) is 3.13. The fourth-order valence-electron chi connectivity index (χ4n) is 0.686. The van der Waals surface area contributed by atoms with E-state index in [-0.39, 0.29) is 0 Å². The molecule has 0 bridgehead atoms. The predicted molar refractivity (Wildman–Crippen MR) is 39.8 cm³/mol. The van der Waals surface area contributed by atoms with Gasteiger partial charge in [0.1, 0.15) is 5.75 Å². The second-order valence-corrected chi connectivity index (χ2v) is 2.09. The average Bonchev–Trinajstić information content (AvgIpc) is 1.93.